The standard InChI is InChI=1S/2C12H10O9S2.Ca/c2*13-7-1-3-9(15)11(5-7)23(19,20)21-10-4-2-8(14)6-12(10)22(16,17)18;/h2*1-6,13-15H,(H,16,17,18);/q;;+2/p-2. The fourth-order valence-corrected chi connectivity index (χ4v) is 6.72. The molecule has 4 rings (SSSR count). The quantitative estimate of drug-likeness (QED) is 0.0618. The van der Waals surface area contributed by atoms with Gasteiger partial charge in [-0.05, 0) is 48.5 Å². The van der Waals surface area contributed by atoms with Gasteiger partial charge in [0.15, 0.2) is 21.3 Å². The van der Waals surface area contributed by atoms with Crippen LogP contribution in [0.4, 0.5) is 0 Å². The van der Waals surface area contributed by atoms with Gasteiger partial charge in [-0.3, -0.25) is 0 Å². The van der Waals surface area contributed by atoms with Crippen LogP contribution in [0, 0.1) is 0 Å². The molecule has 0 saturated heterocycles. The number of phenols is 6. The van der Waals surface area contributed by atoms with Crippen molar-refractivity contribution in [2.75, 3.05) is 0 Å². The van der Waals surface area contributed by atoms with E-state index in [-0.39, 0.29) is 37.7 Å². The first kappa shape index (κ1) is 39.4. The Kier molecular flexibility index (Phi) is 12.2. The molecule has 248 valence electrons. The van der Waals surface area contributed by atoms with Gasteiger partial charge in [0, 0.05) is 24.3 Å². The largest absolute Gasteiger partial charge is 2.00 e. The molecule has 0 aliphatic rings. The molecule has 0 heterocycles. The Morgan fingerprint density at radius 3 is 0.957 bits per heavy atom. The monoisotopic (exact) mass is 762 g/mol. The second kappa shape index (κ2) is 14.6. The van der Waals surface area contributed by atoms with E-state index >= 15 is 0 Å². The molecule has 0 saturated carbocycles. The van der Waals surface area contributed by atoms with Gasteiger partial charge in [0.1, 0.15) is 64.5 Å². The molecule has 0 atom stereocenters. The van der Waals surface area contributed by atoms with E-state index in [1.165, 1.54) is 0 Å². The maximum Gasteiger partial charge on any atom is 2.00 e. The van der Waals surface area contributed by atoms with Crippen LogP contribution in [0.3, 0.4) is 0 Å². The van der Waals surface area contributed by atoms with Gasteiger partial charge in [-0.15, -0.1) is 0 Å². The molecule has 0 bridgehead atoms. The summed E-state index contributed by atoms with van der Waals surface area (Å²) in [6.45, 7) is 0. The Labute approximate surface area is 296 Å². The maximum atomic E-state index is 12.1. The molecular formula is C24H18CaO18S4. The summed E-state index contributed by atoms with van der Waals surface area (Å²) in [4.78, 5) is -3.86. The fraction of sp³-hybridized carbons (Fsp3) is 0. The SMILES string of the molecule is O=S(=O)([O-])c1cc(O)ccc1OS(=O)(=O)c1cc(O)ccc1O.O=S(=O)([O-])c1cc(O)ccc1OS(=O)(=O)c1cc(O)ccc1O.[Ca+2]. The number of hydrogen-bond acceptors (Lipinski definition) is 18. The summed E-state index contributed by atoms with van der Waals surface area (Å²) in [7, 11) is -19.8. The summed E-state index contributed by atoms with van der Waals surface area (Å²) in [5.74, 6) is -5.41. The summed E-state index contributed by atoms with van der Waals surface area (Å²) in [6.07, 6.45) is 0. The third-order valence-electron chi connectivity index (χ3n) is 5.22. The third-order valence-corrected chi connectivity index (χ3v) is 9.46. The molecule has 0 unspecified atom stereocenters. The van der Waals surface area contributed by atoms with Crippen molar-refractivity contribution >= 4 is 78.2 Å². The average Bonchev–Trinajstić information content (AvgIpc) is 2.92. The zero-order chi connectivity index (χ0) is 34.8. The van der Waals surface area contributed by atoms with Crippen LogP contribution in [0.15, 0.2) is 92.4 Å². The summed E-state index contributed by atoms with van der Waals surface area (Å²) in [5, 5.41) is 56.0. The van der Waals surface area contributed by atoms with Crippen LogP contribution in [-0.2, 0) is 40.5 Å². The Bertz CT molecular complexity index is 2090. The van der Waals surface area contributed by atoms with Gasteiger partial charge >= 0.3 is 58.0 Å². The molecule has 4 aromatic rings. The molecule has 0 aliphatic carbocycles. The van der Waals surface area contributed by atoms with Crippen molar-refractivity contribution in [3.05, 3.63) is 72.8 Å². The van der Waals surface area contributed by atoms with Crippen LogP contribution >= 0.6 is 0 Å². The summed E-state index contributed by atoms with van der Waals surface area (Å²) >= 11 is 0. The first-order valence-corrected chi connectivity index (χ1v) is 17.2. The minimum atomic E-state index is -5.14. The van der Waals surface area contributed by atoms with Gasteiger partial charge in [-0.2, -0.15) is 16.8 Å². The molecule has 6 N–H and O–H groups in total. The Balaban J connectivity index is 0.000000320. The van der Waals surface area contributed by atoms with Crippen LogP contribution < -0.4 is 8.37 Å². The number of hydrogen-bond donors (Lipinski definition) is 6. The number of benzene rings is 4. The molecule has 23 heteroatoms. The van der Waals surface area contributed by atoms with Crippen molar-refractivity contribution in [1.82, 2.24) is 0 Å². The van der Waals surface area contributed by atoms with Crippen molar-refractivity contribution in [3.8, 4) is 46.0 Å². The second-order valence-corrected chi connectivity index (χ2v) is 14.3. The Morgan fingerprint density at radius 1 is 0.426 bits per heavy atom. The molecule has 0 radical (unpaired) electrons. The van der Waals surface area contributed by atoms with Crippen LogP contribution in [0.25, 0.3) is 0 Å². The van der Waals surface area contributed by atoms with E-state index < -0.39 is 106 Å². The minimum Gasteiger partial charge on any atom is -0.744 e. The van der Waals surface area contributed by atoms with Crippen molar-refractivity contribution < 1.29 is 81.8 Å². The van der Waals surface area contributed by atoms with E-state index in [0.29, 0.717) is 24.3 Å². The zero-order valence-electron chi connectivity index (χ0n) is 22.9. The minimum absolute atomic E-state index is 0. The van der Waals surface area contributed by atoms with E-state index in [1.807, 2.05) is 0 Å². The van der Waals surface area contributed by atoms with Gasteiger partial charge in [0.25, 0.3) is 0 Å². The number of rotatable bonds is 8. The van der Waals surface area contributed by atoms with Gasteiger partial charge in [-0.1, -0.05) is 0 Å². The van der Waals surface area contributed by atoms with Crippen molar-refractivity contribution in [2.24, 2.45) is 0 Å². The zero-order valence-corrected chi connectivity index (χ0v) is 28.3. The maximum absolute atomic E-state index is 12.1. The van der Waals surface area contributed by atoms with Crippen LogP contribution in [0.2, 0.25) is 0 Å². The smallest absolute Gasteiger partial charge is 0.744 e. The molecule has 0 aliphatic heterocycles. The normalized spacial score (nSPS) is 11.8. The second-order valence-electron chi connectivity index (χ2n) is 8.55. The summed E-state index contributed by atoms with van der Waals surface area (Å²) in [6, 6.07) is 9.53. The van der Waals surface area contributed by atoms with E-state index in [9.17, 15) is 73.4 Å². The van der Waals surface area contributed by atoms with E-state index in [2.05, 4.69) is 8.37 Å². The molecular weight excluding hydrogens is 745 g/mol. The van der Waals surface area contributed by atoms with Gasteiger partial charge in [0.2, 0.25) is 0 Å². The molecule has 4 aromatic carbocycles. The predicted molar refractivity (Wildman–Crippen MR) is 153 cm³/mol. The summed E-state index contributed by atoms with van der Waals surface area (Å²) in [5.41, 5.74) is 0. The first-order valence-electron chi connectivity index (χ1n) is 11.5. The van der Waals surface area contributed by atoms with E-state index in [0.717, 1.165) is 48.5 Å². The van der Waals surface area contributed by atoms with E-state index in [1.54, 1.807) is 0 Å². The van der Waals surface area contributed by atoms with Crippen molar-refractivity contribution in [2.45, 2.75) is 19.6 Å². The average molecular weight is 763 g/mol. The predicted octanol–water partition coefficient (Wildman–Crippen LogP) is 0.570. The van der Waals surface area contributed by atoms with Crippen LogP contribution in [0.5, 0.6) is 46.0 Å². The van der Waals surface area contributed by atoms with Crippen LogP contribution in [0.1, 0.15) is 0 Å². The Hall–Kier alpha value is -3.74. The van der Waals surface area contributed by atoms with Gasteiger partial charge in [-0.25, -0.2) is 16.8 Å². The number of phenolic OH excluding ortho intramolecular Hbond substituents is 6. The van der Waals surface area contributed by atoms with Crippen LogP contribution in [-0.4, -0.2) is 111 Å². The van der Waals surface area contributed by atoms with Crippen molar-refractivity contribution in [1.29, 1.82) is 0 Å². The van der Waals surface area contributed by atoms with E-state index in [4.69, 9.17) is 0 Å². The molecule has 0 spiro atoms. The number of aromatic hydroxyl groups is 6. The third kappa shape index (κ3) is 10.1. The molecule has 0 amide bonds. The van der Waals surface area contributed by atoms with Crippen molar-refractivity contribution in [3.63, 3.8) is 0 Å². The molecule has 47 heavy (non-hydrogen) atoms. The summed E-state index contributed by atoms with van der Waals surface area (Å²) < 4.78 is 124. The topological polar surface area (TPSA) is 323 Å². The van der Waals surface area contributed by atoms with Gasteiger partial charge in [0.05, 0.1) is 0 Å². The first-order chi connectivity index (χ1) is 21.0. The fourth-order valence-electron chi connectivity index (χ4n) is 3.25. The molecule has 0 fully saturated rings. The Morgan fingerprint density at radius 2 is 0.681 bits per heavy atom. The molecule has 18 nitrogen and oxygen atoms in total. The molecule has 0 aromatic heterocycles. The van der Waals surface area contributed by atoms with Gasteiger partial charge < -0.3 is 48.1 Å².